The molecule has 0 N–H and O–H groups in total. The Kier molecular flexibility index (Phi) is 5.94. The van der Waals surface area contributed by atoms with Gasteiger partial charge < -0.3 is 4.79 Å². The van der Waals surface area contributed by atoms with Gasteiger partial charge >= 0.3 is 0 Å². The van der Waals surface area contributed by atoms with Gasteiger partial charge in [0, 0.05) is 12.1 Å². The maximum atomic E-state index is 10.3. The van der Waals surface area contributed by atoms with E-state index in [9.17, 15) is 10.1 Å². The van der Waals surface area contributed by atoms with Crippen molar-refractivity contribution in [1.29, 1.82) is 0 Å². The van der Waals surface area contributed by atoms with Crippen LogP contribution in [-0.2, 0) is 4.79 Å². The first-order chi connectivity index (χ1) is 7.02. The van der Waals surface area contributed by atoms with E-state index >= 15 is 0 Å². The Balaban J connectivity index is 0.000000583. The van der Waals surface area contributed by atoms with E-state index in [1.165, 1.54) is 19.1 Å². The predicted octanol–water partition coefficient (Wildman–Crippen LogP) is 2.92. The molecule has 0 saturated carbocycles. The van der Waals surface area contributed by atoms with Crippen molar-refractivity contribution in [1.82, 2.24) is 0 Å². The van der Waals surface area contributed by atoms with E-state index in [2.05, 4.69) is 13.8 Å². The third-order valence-electron chi connectivity index (χ3n) is 1.77. The molecule has 0 aromatic heterocycles. The molecule has 0 heterocycles. The SMILES string of the molecule is CC(C)c1ccc([N+](=O)[O-])cc1.CC=O. The van der Waals surface area contributed by atoms with E-state index in [1.807, 2.05) is 0 Å². The lowest BCUT2D eigenvalue weighted by Crippen LogP contribution is -1.90. The van der Waals surface area contributed by atoms with Gasteiger partial charge in [0.2, 0.25) is 0 Å². The van der Waals surface area contributed by atoms with E-state index in [1.54, 1.807) is 12.1 Å². The minimum Gasteiger partial charge on any atom is -0.304 e. The zero-order valence-corrected chi connectivity index (χ0v) is 9.14. The minimum atomic E-state index is -0.385. The van der Waals surface area contributed by atoms with Crippen molar-refractivity contribution in [3.63, 3.8) is 0 Å². The zero-order valence-electron chi connectivity index (χ0n) is 9.14. The molecule has 15 heavy (non-hydrogen) atoms. The van der Waals surface area contributed by atoms with Crippen LogP contribution in [0.1, 0.15) is 32.3 Å². The Morgan fingerprint density at radius 2 is 1.67 bits per heavy atom. The third-order valence-corrected chi connectivity index (χ3v) is 1.77. The number of aldehydes is 1. The van der Waals surface area contributed by atoms with Crippen molar-refractivity contribution in [2.75, 3.05) is 0 Å². The van der Waals surface area contributed by atoms with E-state index in [0.29, 0.717) is 5.92 Å². The van der Waals surface area contributed by atoms with Gasteiger partial charge in [-0.05, 0) is 18.4 Å². The fourth-order valence-electron chi connectivity index (χ4n) is 0.981. The lowest BCUT2D eigenvalue weighted by Gasteiger charge is -2.02. The minimum absolute atomic E-state index is 0.152. The molecule has 1 aromatic carbocycles. The van der Waals surface area contributed by atoms with E-state index < -0.39 is 0 Å². The lowest BCUT2D eigenvalue weighted by molar-refractivity contribution is -0.384. The van der Waals surface area contributed by atoms with E-state index in [4.69, 9.17) is 4.79 Å². The van der Waals surface area contributed by atoms with Crippen LogP contribution in [0.25, 0.3) is 0 Å². The highest BCUT2D eigenvalue weighted by molar-refractivity contribution is 5.44. The van der Waals surface area contributed by atoms with Gasteiger partial charge in [0.15, 0.2) is 0 Å². The Bertz CT molecular complexity index is 317. The second-order valence-electron chi connectivity index (χ2n) is 3.24. The normalized spacial score (nSPS) is 9.07. The highest BCUT2D eigenvalue weighted by Gasteiger charge is 2.04. The Morgan fingerprint density at radius 3 is 1.93 bits per heavy atom. The summed E-state index contributed by atoms with van der Waals surface area (Å²) in [6.07, 6.45) is 0.750. The molecule has 82 valence electrons. The summed E-state index contributed by atoms with van der Waals surface area (Å²) in [5.74, 6) is 0.422. The summed E-state index contributed by atoms with van der Waals surface area (Å²) in [5.41, 5.74) is 1.28. The van der Waals surface area contributed by atoms with E-state index in [-0.39, 0.29) is 10.6 Å². The standard InChI is InChI=1S/C9H11NO2.C2H4O/c1-7(2)8-3-5-9(6-4-8)10(11)12;1-2-3/h3-7H,1-2H3;2H,1H3. The summed E-state index contributed by atoms with van der Waals surface area (Å²) >= 11 is 0. The van der Waals surface area contributed by atoms with Gasteiger partial charge in [0.05, 0.1) is 4.92 Å². The highest BCUT2D eigenvalue weighted by Crippen LogP contribution is 2.17. The Labute approximate surface area is 89.1 Å². The molecule has 0 saturated heterocycles. The fraction of sp³-hybridized carbons (Fsp3) is 0.364. The molecule has 0 atom stereocenters. The molecule has 0 unspecified atom stereocenters. The fourth-order valence-corrected chi connectivity index (χ4v) is 0.981. The average molecular weight is 209 g/mol. The van der Waals surface area contributed by atoms with Crippen LogP contribution < -0.4 is 0 Å². The number of nitro benzene ring substituents is 1. The molecular weight excluding hydrogens is 194 g/mol. The quantitative estimate of drug-likeness (QED) is 0.427. The van der Waals surface area contributed by atoms with Crippen molar-refractivity contribution in [3.8, 4) is 0 Å². The first-order valence-electron chi connectivity index (χ1n) is 4.67. The van der Waals surface area contributed by atoms with Crippen molar-refractivity contribution in [3.05, 3.63) is 39.9 Å². The summed E-state index contributed by atoms with van der Waals surface area (Å²) in [5, 5.41) is 10.3. The number of carbonyl (C=O) groups excluding carboxylic acids is 1. The number of nitro groups is 1. The van der Waals surface area contributed by atoms with Crippen LogP contribution in [0, 0.1) is 10.1 Å². The van der Waals surface area contributed by atoms with Crippen LogP contribution >= 0.6 is 0 Å². The second-order valence-corrected chi connectivity index (χ2v) is 3.24. The first-order valence-corrected chi connectivity index (χ1v) is 4.67. The number of hydrogen-bond acceptors (Lipinski definition) is 3. The van der Waals surface area contributed by atoms with Crippen LogP contribution in [0.15, 0.2) is 24.3 Å². The molecule has 0 aliphatic heterocycles. The maximum absolute atomic E-state index is 10.3. The predicted molar refractivity (Wildman–Crippen MR) is 58.9 cm³/mol. The highest BCUT2D eigenvalue weighted by atomic mass is 16.6. The molecule has 4 nitrogen and oxygen atoms in total. The average Bonchev–Trinajstić information content (AvgIpc) is 2.19. The number of hydrogen-bond donors (Lipinski definition) is 0. The van der Waals surface area contributed by atoms with Crippen LogP contribution in [0.3, 0.4) is 0 Å². The first kappa shape index (κ1) is 13.3. The lowest BCUT2D eigenvalue weighted by atomic mass is 10.0. The smallest absolute Gasteiger partial charge is 0.269 e. The summed E-state index contributed by atoms with van der Waals surface area (Å²) in [4.78, 5) is 18.7. The molecule has 0 aliphatic carbocycles. The zero-order chi connectivity index (χ0) is 11.8. The molecule has 4 heteroatoms. The number of carbonyl (C=O) groups is 1. The van der Waals surface area contributed by atoms with Gasteiger partial charge in [0.25, 0.3) is 5.69 Å². The summed E-state index contributed by atoms with van der Waals surface area (Å²) in [6.45, 7) is 5.56. The largest absolute Gasteiger partial charge is 0.304 e. The molecular formula is C11H15NO3. The molecule has 1 rings (SSSR count). The molecule has 0 bridgehead atoms. The number of nitrogens with zero attached hydrogens (tertiary/aromatic N) is 1. The molecule has 0 aliphatic rings. The van der Waals surface area contributed by atoms with Crippen LogP contribution in [0.2, 0.25) is 0 Å². The Morgan fingerprint density at radius 1 is 1.27 bits per heavy atom. The summed E-state index contributed by atoms with van der Waals surface area (Å²) in [7, 11) is 0. The number of rotatable bonds is 2. The van der Waals surface area contributed by atoms with Crippen molar-refractivity contribution in [2.24, 2.45) is 0 Å². The molecule has 1 aromatic rings. The molecule has 0 spiro atoms. The van der Waals surface area contributed by atoms with Crippen molar-refractivity contribution < 1.29 is 9.72 Å². The van der Waals surface area contributed by atoms with Gasteiger partial charge in [0.1, 0.15) is 6.29 Å². The molecule has 0 amide bonds. The van der Waals surface area contributed by atoms with Gasteiger partial charge in [-0.3, -0.25) is 10.1 Å². The summed E-state index contributed by atoms with van der Waals surface area (Å²) < 4.78 is 0. The van der Waals surface area contributed by atoms with Crippen LogP contribution in [0.4, 0.5) is 5.69 Å². The molecule has 0 fully saturated rings. The van der Waals surface area contributed by atoms with Crippen LogP contribution in [0.5, 0.6) is 0 Å². The monoisotopic (exact) mass is 209 g/mol. The summed E-state index contributed by atoms with van der Waals surface area (Å²) in [6, 6.07) is 6.66. The second kappa shape index (κ2) is 6.70. The van der Waals surface area contributed by atoms with Gasteiger partial charge in [-0.1, -0.05) is 26.0 Å². The van der Waals surface area contributed by atoms with Crippen molar-refractivity contribution >= 4 is 12.0 Å². The number of non-ortho nitro benzene ring substituents is 1. The third kappa shape index (κ3) is 4.90. The topological polar surface area (TPSA) is 60.2 Å². The number of benzene rings is 1. The molecule has 0 radical (unpaired) electrons. The maximum Gasteiger partial charge on any atom is 0.269 e. The van der Waals surface area contributed by atoms with Gasteiger partial charge in [-0.2, -0.15) is 0 Å². The van der Waals surface area contributed by atoms with Crippen LogP contribution in [-0.4, -0.2) is 11.2 Å². The van der Waals surface area contributed by atoms with Crippen molar-refractivity contribution in [2.45, 2.75) is 26.7 Å². The van der Waals surface area contributed by atoms with Gasteiger partial charge in [-0.15, -0.1) is 0 Å². The van der Waals surface area contributed by atoms with E-state index in [0.717, 1.165) is 11.8 Å². The van der Waals surface area contributed by atoms with Gasteiger partial charge in [-0.25, -0.2) is 0 Å². The Hall–Kier alpha value is -1.71.